The van der Waals surface area contributed by atoms with Gasteiger partial charge in [-0.25, -0.2) is 4.79 Å². The number of hydrogen-bond acceptors (Lipinski definition) is 5. The Morgan fingerprint density at radius 3 is 2.80 bits per heavy atom. The van der Waals surface area contributed by atoms with Crippen LogP contribution in [0.15, 0.2) is 10.5 Å². The number of carbonyl (C=O) groups is 1. The van der Waals surface area contributed by atoms with Crippen molar-refractivity contribution < 1.29 is 19.1 Å². The predicted molar refractivity (Wildman–Crippen MR) is 74.0 cm³/mol. The number of carboxylic acids is 1. The maximum absolute atomic E-state index is 10.9. The van der Waals surface area contributed by atoms with Gasteiger partial charge in [0.1, 0.15) is 5.76 Å². The first-order valence-corrected chi connectivity index (χ1v) is 6.92. The fourth-order valence-electron chi connectivity index (χ4n) is 2.36. The minimum Gasteiger partial charge on any atom is -0.475 e. The Balaban J connectivity index is 1.79. The Labute approximate surface area is 118 Å². The molecule has 0 amide bonds. The molecule has 0 saturated carbocycles. The molecule has 1 aliphatic rings. The zero-order valence-electron chi connectivity index (χ0n) is 12.0. The number of aromatic carboxylic acids is 1. The molecule has 1 saturated heterocycles. The summed E-state index contributed by atoms with van der Waals surface area (Å²) in [5.74, 6) is -0.327. The summed E-state index contributed by atoms with van der Waals surface area (Å²) in [4.78, 5) is 13.3. The van der Waals surface area contributed by atoms with Crippen LogP contribution >= 0.6 is 0 Å². The van der Waals surface area contributed by atoms with Gasteiger partial charge in [0.2, 0.25) is 5.76 Å². The van der Waals surface area contributed by atoms with Crippen molar-refractivity contribution in [3.05, 3.63) is 23.2 Å². The van der Waals surface area contributed by atoms with Crippen LogP contribution in [0, 0.1) is 6.92 Å². The van der Waals surface area contributed by atoms with E-state index >= 15 is 0 Å². The Morgan fingerprint density at radius 2 is 2.20 bits per heavy atom. The molecule has 1 unspecified atom stereocenters. The van der Waals surface area contributed by atoms with Crippen molar-refractivity contribution in [3.8, 4) is 0 Å². The van der Waals surface area contributed by atoms with Crippen molar-refractivity contribution in [2.24, 2.45) is 0 Å². The minimum absolute atomic E-state index is 0.0302. The zero-order valence-corrected chi connectivity index (χ0v) is 12.0. The molecule has 1 aromatic rings. The van der Waals surface area contributed by atoms with E-state index in [1.807, 2.05) is 0 Å². The lowest BCUT2D eigenvalue weighted by Crippen LogP contribution is -2.44. The lowest BCUT2D eigenvalue weighted by molar-refractivity contribution is 0.0342. The summed E-state index contributed by atoms with van der Waals surface area (Å²) in [6.45, 7) is 8.88. The van der Waals surface area contributed by atoms with Crippen molar-refractivity contribution in [1.82, 2.24) is 10.2 Å². The first-order valence-electron chi connectivity index (χ1n) is 6.92. The fraction of sp³-hybridized carbons (Fsp3) is 0.643. The SMILES string of the molecule is Cc1cc(CNC(C)CN2CCOCC2)oc1C(=O)O. The molecule has 1 fully saturated rings. The van der Waals surface area contributed by atoms with Crippen LogP contribution in [0.25, 0.3) is 0 Å². The molecule has 0 bridgehead atoms. The average Bonchev–Trinajstić information content (AvgIpc) is 2.79. The predicted octanol–water partition coefficient (Wildman–Crippen LogP) is 1.10. The number of hydrogen-bond donors (Lipinski definition) is 2. The lowest BCUT2D eigenvalue weighted by Gasteiger charge is -2.29. The van der Waals surface area contributed by atoms with Crippen LogP contribution in [-0.4, -0.2) is 54.9 Å². The second-order valence-corrected chi connectivity index (χ2v) is 5.22. The smallest absolute Gasteiger partial charge is 0.372 e. The van der Waals surface area contributed by atoms with Crippen molar-refractivity contribution in [1.29, 1.82) is 0 Å². The molecule has 1 atom stereocenters. The molecular formula is C14H22N2O4. The highest BCUT2D eigenvalue weighted by molar-refractivity contribution is 5.86. The number of furan rings is 1. The highest BCUT2D eigenvalue weighted by Crippen LogP contribution is 2.14. The Bertz CT molecular complexity index is 452. The van der Waals surface area contributed by atoms with E-state index in [1.54, 1.807) is 13.0 Å². The van der Waals surface area contributed by atoms with Gasteiger partial charge in [0, 0.05) is 31.2 Å². The van der Waals surface area contributed by atoms with Gasteiger partial charge in [0.25, 0.3) is 0 Å². The van der Waals surface area contributed by atoms with Crippen LogP contribution < -0.4 is 5.32 Å². The first kappa shape index (κ1) is 15.0. The standard InChI is InChI=1S/C14H22N2O4/c1-10-7-12(20-13(10)14(17)18)8-15-11(2)9-16-3-5-19-6-4-16/h7,11,15H,3-6,8-9H2,1-2H3,(H,17,18). The molecule has 0 spiro atoms. The van der Waals surface area contributed by atoms with Gasteiger partial charge in [-0.3, -0.25) is 4.90 Å². The molecule has 112 valence electrons. The van der Waals surface area contributed by atoms with E-state index in [2.05, 4.69) is 17.1 Å². The summed E-state index contributed by atoms with van der Waals surface area (Å²) in [7, 11) is 0. The largest absolute Gasteiger partial charge is 0.475 e. The third kappa shape index (κ3) is 4.06. The topological polar surface area (TPSA) is 74.9 Å². The van der Waals surface area contributed by atoms with E-state index in [1.165, 1.54) is 0 Å². The molecule has 0 aliphatic carbocycles. The highest BCUT2D eigenvalue weighted by Gasteiger charge is 2.16. The van der Waals surface area contributed by atoms with E-state index in [-0.39, 0.29) is 5.76 Å². The van der Waals surface area contributed by atoms with E-state index in [4.69, 9.17) is 14.3 Å². The molecule has 20 heavy (non-hydrogen) atoms. The highest BCUT2D eigenvalue weighted by atomic mass is 16.5. The summed E-state index contributed by atoms with van der Waals surface area (Å²) < 4.78 is 10.6. The number of carboxylic acid groups (broad SMARTS) is 1. The van der Waals surface area contributed by atoms with Crippen LogP contribution in [-0.2, 0) is 11.3 Å². The first-order chi connectivity index (χ1) is 9.56. The number of rotatable bonds is 6. The number of morpholine rings is 1. The van der Waals surface area contributed by atoms with Crippen molar-refractivity contribution in [2.75, 3.05) is 32.8 Å². The van der Waals surface area contributed by atoms with E-state index in [0.717, 1.165) is 32.8 Å². The monoisotopic (exact) mass is 282 g/mol. The molecule has 0 radical (unpaired) electrons. The Morgan fingerprint density at radius 1 is 1.50 bits per heavy atom. The van der Waals surface area contributed by atoms with Crippen LogP contribution in [0.2, 0.25) is 0 Å². The van der Waals surface area contributed by atoms with Gasteiger partial charge in [-0.05, 0) is 19.9 Å². The van der Waals surface area contributed by atoms with Crippen LogP contribution in [0.3, 0.4) is 0 Å². The molecule has 6 nitrogen and oxygen atoms in total. The summed E-state index contributed by atoms with van der Waals surface area (Å²) in [5, 5.41) is 12.3. The van der Waals surface area contributed by atoms with Gasteiger partial charge < -0.3 is 19.6 Å². The Kier molecular flexibility index (Phi) is 5.17. The van der Waals surface area contributed by atoms with Gasteiger partial charge in [0.05, 0.1) is 19.8 Å². The lowest BCUT2D eigenvalue weighted by atomic mass is 10.2. The van der Waals surface area contributed by atoms with Crippen molar-refractivity contribution in [2.45, 2.75) is 26.4 Å². The number of nitrogens with one attached hydrogen (secondary N) is 1. The number of aryl methyl sites for hydroxylation is 1. The molecule has 1 aliphatic heterocycles. The second-order valence-electron chi connectivity index (χ2n) is 5.22. The zero-order chi connectivity index (χ0) is 14.5. The van der Waals surface area contributed by atoms with E-state index < -0.39 is 5.97 Å². The van der Waals surface area contributed by atoms with Gasteiger partial charge in [-0.1, -0.05) is 0 Å². The van der Waals surface area contributed by atoms with Crippen molar-refractivity contribution >= 4 is 5.97 Å². The van der Waals surface area contributed by atoms with Crippen LogP contribution in [0.4, 0.5) is 0 Å². The summed E-state index contributed by atoms with van der Waals surface area (Å²) in [5.41, 5.74) is 0.662. The molecule has 6 heteroatoms. The Hall–Kier alpha value is -1.37. The summed E-state index contributed by atoms with van der Waals surface area (Å²) in [6, 6.07) is 2.09. The number of ether oxygens (including phenoxy) is 1. The summed E-state index contributed by atoms with van der Waals surface area (Å²) >= 11 is 0. The van der Waals surface area contributed by atoms with Gasteiger partial charge in [-0.2, -0.15) is 0 Å². The maximum atomic E-state index is 10.9. The van der Waals surface area contributed by atoms with E-state index in [9.17, 15) is 4.79 Å². The average molecular weight is 282 g/mol. The van der Waals surface area contributed by atoms with Gasteiger partial charge in [-0.15, -0.1) is 0 Å². The van der Waals surface area contributed by atoms with Crippen molar-refractivity contribution in [3.63, 3.8) is 0 Å². The van der Waals surface area contributed by atoms with E-state index in [0.29, 0.717) is 23.9 Å². The third-order valence-corrected chi connectivity index (χ3v) is 3.42. The molecule has 2 N–H and O–H groups in total. The van der Waals surface area contributed by atoms with Gasteiger partial charge >= 0.3 is 5.97 Å². The van der Waals surface area contributed by atoms with Crippen LogP contribution in [0.1, 0.15) is 28.8 Å². The molecular weight excluding hydrogens is 260 g/mol. The third-order valence-electron chi connectivity index (χ3n) is 3.42. The van der Waals surface area contributed by atoms with Gasteiger partial charge in [0.15, 0.2) is 0 Å². The summed E-state index contributed by atoms with van der Waals surface area (Å²) in [6.07, 6.45) is 0. The minimum atomic E-state index is -1.02. The normalized spacial score (nSPS) is 18.1. The maximum Gasteiger partial charge on any atom is 0.372 e. The number of nitrogens with zero attached hydrogens (tertiary/aromatic N) is 1. The molecule has 2 rings (SSSR count). The second kappa shape index (κ2) is 6.88. The van der Waals surface area contributed by atoms with Crippen LogP contribution in [0.5, 0.6) is 0 Å². The molecule has 0 aromatic carbocycles. The fourth-order valence-corrected chi connectivity index (χ4v) is 2.36. The quantitative estimate of drug-likeness (QED) is 0.813. The molecule has 1 aromatic heterocycles. The molecule has 2 heterocycles.